The third-order valence-electron chi connectivity index (χ3n) is 8.96. The molecule has 7 atom stereocenters. The van der Waals surface area contributed by atoms with Crippen LogP contribution in [-0.4, -0.2) is 35.6 Å². The first kappa shape index (κ1) is 19.0. The topological polar surface area (TPSA) is 72.6 Å². The number of carbonyl (C=O) groups is 2. The predicted molar refractivity (Wildman–Crippen MR) is 103 cm³/mol. The third kappa shape index (κ3) is 2.46. The molecule has 4 aliphatic rings. The maximum Gasteiger partial charge on any atom is 0.270 e. The van der Waals surface area contributed by atoms with E-state index in [0.717, 1.165) is 24.7 Å². The molecule has 5 heteroatoms. The second kappa shape index (κ2) is 6.07. The van der Waals surface area contributed by atoms with Crippen LogP contribution in [0.2, 0.25) is 0 Å². The molecular formula is C22H34N2O3. The lowest BCUT2D eigenvalue weighted by molar-refractivity contribution is -0.195. The van der Waals surface area contributed by atoms with Crippen molar-refractivity contribution in [2.24, 2.45) is 34.3 Å². The van der Waals surface area contributed by atoms with Gasteiger partial charge in [-0.05, 0) is 74.7 Å². The highest BCUT2D eigenvalue weighted by molar-refractivity contribution is 5.95. The zero-order chi connectivity index (χ0) is 19.6. The Balaban J connectivity index is 1.72. The molecule has 2 unspecified atom stereocenters. The van der Waals surface area contributed by atoms with E-state index in [1.165, 1.54) is 39.2 Å². The van der Waals surface area contributed by atoms with Crippen LogP contribution in [0.1, 0.15) is 65.7 Å². The predicted octanol–water partition coefficient (Wildman–Crippen LogP) is 3.23. The highest BCUT2D eigenvalue weighted by atomic mass is 16.5. The minimum absolute atomic E-state index is 0.0422. The van der Waals surface area contributed by atoms with Crippen LogP contribution in [0.4, 0.5) is 0 Å². The van der Waals surface area contributed by atoms with Gasteiger partial charge < -0.3 is 10.5 Å². The maximum atomic E-state index is 12.8. The summed E-state index contributed by atoms with van der Waals surface area (Å²) in [5.74, 6) is 1.30. The van der Waals surface area contributed by atoms with Crippen molar-refractivity contribution in [2.75, 3.05) is 7.11 Å². The maximum absolute atomic E-state index is 12.8. The number of amides is 2. The third-order valence-corrected chi connectivity index (χ3v) is 8.96. The highest BCUT2D eigenvalue weighted by Gasteiger charge is 2.61. The quantitative estimate of drug-likeness (QED) is 0.824. The van der Waals surface area contributed by atoms with E-state index in [1.807, 2.05) is 0 Å². The van der Waals surface area contributed by atoms with E-state index in [0.29, 0.717) is 11.3 Å². The van der Waals surface area contributed by atoms with Crippen LogP contribution in [0.3, 0.4) is 0 Å². The molecular weight excluding hydrogens is 340 g/mol. The van der Waals surface area contributed by atoms with Crippen molar-refractivity contribution >= 4 is 11.8 Å². The summed E-state index contributed by atoms with van der Waals surface area (Å²) in [6.07, 6.45) is 12.4. The molecule has 3 saturated carbocycles. The Morgan fingerprint density at radius 1 is 1.22 bits per heavy atom. The number of fused-ring (bicyclic) bond motifs is 5. The lowest BCUT2D eigenvalue weighted by Crippen LogP contribution is -2.69. The van der Waals surface area contributed by atoms with Crippen LogP contribution in [-0.2, 0) is 14.3 Å². The second-order valence-electron chi connectivity index (χ2n) is 10.0. The van der Waals surface area contributed by atoms with Gasteiger partial charge in [0.25, 0.3) is 5.91 Å². The molecule has 0 bridgehead atoms. The van der Waals surface area contributed by atoms with Crippen LogP contribution in [0.5, 0.6) is 0 Å². The average molecular weight is 375 g/mol. The number of ether oxygens (including phenoxy) is 1. The van der Waals surface area contributed by atoms with Crippen LogP contribution in [0, 0.1) is 28.6 Å². The molecule has 4 rings (SSSR count). The number of hydrogen-bond acceptors (Lipinski definition) is 3. The lowest BCUT2D eigenvalue weighted by atomic mass is 9.48. The number of methoxy groups -OCH3 is 1. The van der Waals surface area contributed by atoms with Gasteiger partial charge in [0.1, 0.15) is 0 Å². The van der Waals surface area contributed by atoms with E-state index in [2.05, 4.69) is 19.9 Å². The van der Waals surface area contributed by atoms with Gasteiger partial charge in [-0.1, -0.05) is 26.3 Å². The van der Waals surface area contributed by atoms with E-state index in [1.54, 1.807) is 17.9 Å². The number of hydrogen-bond donors (Lipinski definition) is 1. The van der Waals surface area contributed by atoms with E-state index in [4.69, 9.17) is 10.5 Å². The smallest absolute Gasteiger partial charge is 0.270 e. The Morgan fingerprint density at radius 3 is 2.63 bits per heavy atom. The van der Waals surface area contributed by atoms with E-state index >= 15 is 0 Å². The molecule has 27 heavy (non-hydrogen) atoms. The van der Waals surface area contributed by atoms with Gasteiger partial charge in [0, 0.05) is 18.6 Å². The minimum atomic E-state index is -1.41. The molecule has 2 amide bonds. The number of rotatable bonds is 3. The Kier molecular flexibility index (Phi) is 4.26. The molecule has 2 N–H and O–H groups in total. The molecule has 0 saturated heterocycles. The van der Waals surface area contributed by atoms with Crippen LogP contribution >= 0.6 is 0 Å². The molecule has 3 aliphatic carbocycles. The normalized spacial score (nSPS) is 45.6. The Morgan fingerprint density at radius 2 is 1.96 bits per heavy atom. The summed E-state index contributed by atoms with van der Waals surface area (Å²) in [4.78, 5) is 26.7. The van der Waals surface area contributed by atoms with Gasteiger partial charge >= 0.3 is 0 Å². The average Bonchev–Trinajstić information content (AvgIpc) is 3.03. The second-order valence-corrected chi connectivity index (χ2v) is 10.0. The molecule has 0 aromatic rings. The van der Waals surface area contributed by atoms with Crippen LogP contribution < -0.4 is 5.73 Å². The van der Waals surface area contributed by atoms with Gasteiger partial charge in [-0.15, -0.1) is 0 Å². The molecule has 5 nitrogen and oxygen atoms in total. The molecule has 0 radical (unpaired) electrons. The van der Waals surface area contributed by atoms with E-state index in [-0.39, 0.29) is 17.4 Å². The van der Waals surface area contributed by atoms with Gasteiger partial charge in [-0.2, -0.15) is 0 Å². The number of carbonyl (C=O) groups excluding carboxylic acids is 2. The first-order chi connectivity index (χ1) is 12.7. The van der Waals surface area contributed by atoms with Gasteiger partial charge in [0.05, 0.1) is 0 Å². The fraction of sp³-hybridized carbons (Fsp3) is 0.818. The van der Waals surface area contributed by atoms with Crippen molar-refractivity contribution in [3.8, 4) is 0 Å². The summed E-state index contributed by atoms with van der Waals surface area (Å²) in [6.45, 7) is 6.42. The fourth-order valence-corrected chi connectivity index (χ4v) is 7.32. The summed E-state index contributed by atoms with van der Waals surface area (Å²) in [5.41, 5.74) is 4.65. The van der Waals surface area contributed by atoms with Crippen molar-refractivity contribution in [2.45, 2.75) is 77.5 Å². The first-order valence-electron chi connectivity index (χ1n) is 10.5. The Hall–Kier alpha value is -1.36. The van der Waals surface area contributed by atoms with Crippen molar-refractivity contribution in [3.05, 3.63) is 12.2 Å². The zero-order valence-corrected chi connectivity index (χ0v) is 17.2. The van der Waals surface area contributed by atoms with E-state index in [9.17, 15) is 9.59 Å². The Bertz CT molecular complexity index is 691. The molecule has 3 fully saturated rings. The Labute approximate surface area is 162 Å². The number of nitrogens with two attached hydrogens (primary N) is 1. The SMILES string of the molecule is COC(C)(C(N)=O)N1C(=O)C=C[C@@]2(C)C1CC[C@@H]1[C@H]2CC[C@]2(C)CCC[C@@H]12. The van der Waals surface area contributed by atoms with Crippen molar-refractivity contribution < 1.29 is 14.3 Å². The zero-order valence-electron chi connectivity index (χ0n) is 17.2. The largest absolute Gasteiger partial charge is 0.365 e. The monoisotopic (exact) mass is 374 g/mol. The summed E-state index contributed by atoms with van der Waals surface area (Å²) < 4.78 is 5.52. The van der Waals surface area contributed by atoms with Gasteiger partial charge in [0.2, 0.25) is 11.6 Å². The standard InChI is InChI=1S/C22H34N2O3/c1-20-11-5-6-15(20)14-7-8-17-21(2,16(14)9-12-20)13-10-18(25)24(17)22(3,27-4)19(23)26/h10,13-17H,5-9,11-12H2,1-4H3,(H2,23,26)/t14-,15-,16+,17?,20-,21+,22?/m0/s1. The van der Waals surface area contributed by atoms with E-state index < -0.39 is 11.6 Å². The molecule has 150 valence electrons. The summed E-state index contributed by atoms with van der Waals surface area (Å²) in [7, 11) is 1.46. The summed E-state index contributed by atoms with van der Waals surface area (Å²) in [6, 6.07) is -0.0422. The fourth-order valence-electron chi connectivity index (χ4n) is 7.32. The molecule has 1 aliphatic heterocycles. The van der Waals surface area contributed by atoms with Crippen molar-refractivity contribution in [1.29, 1.82) is 0 Å². The molecule has 1 heterocycles. The van der Waals surface area contributed by atoms with Gasteiger partial charge in [-0.3, -0.25) is 14.5 Å². The lowest BCUT2D eigenvalue weighted by Gasteiger charge is -2.61. The number of primary amides is 1. The summed E-state index contributed by atoms with van der Waals surface area (Å²) >= 11 is 0. The summed E-state index contributed by atoms with van der Waals surface area (Å²) in [5, 5.41) is 0. The molecule has 0 aromatic carbocycles. The highest BCUT2D eigenvalue weighted by Crippen LogP contribution is 2.64. The first-order valence-corrected chi connectivity index (χ1v) is 10.5. The minimum Gasteiger partial charge on any atom is -0.365 e. The van der Waals surface area contributed by atoms with Crippen molar-refractivity contribution in [1.82, 2.24) is 4.90 Å². The molecule has 0 aromatic heterocycles. The van der Waals surface area contributed by atoms with Crippen LogP contribution in [0.25, 0.3) is 0 Å². The molecule has 0 spiro atoms. The van der Waals surface area contributed by atoms with Gasteiger partial charge in [0.15, 0.2) is 0 Å². The van der Waals surface area contributed by atoms with Crippen LogP contribution in [0.15, 0.2) is 12.2 Å². The van der Waals surface area contributed by atoms with Crippen molar-refractivity contribution in [3.63, 3.8) is 0 Å². The number of nitrogens with zero attached hydrogens (tertiary/aromatic N) is 1. The van der Waals surface area contributed by atoms with Gasteiger partial charge in [-0.25, -0.2) is 0 Å².